The number of aromatic nitrogens is 1. The van der Waals surface area contributed by atoms with Crippen molar-refractivity contribution in [2.45, 2.75) is 57.0 Å². The number of fused-ring (bicyclic) bond motifs is 1. The molecule has 3 heterocycles. The summed E-state index contributed by atoms with van der Waals surface area (Å²) < 4.78 is 0. The Bertz CT molecular complexity index is 1980. The van der Waals surface area contributed by atoms with E-state index in [1.807, 2.05) is 60.7 Å². The van der Waals surface area contributed by atoms with Crippen LogP contribution in [0.4, 0.5) is 11.4 Å². The van der Waals surface area contributed by atoms with Gasteiger partial charge in [-0.15, -0.1) is 0 Å². The number of hydrogen-bond acceptors (Lipinski definition) is 5. The van der Waals surface area contributed by atoms with Gasteiger partial charge in [-0.3, -0.25) is 19.2 Å². The molecule has 3 fully saturated rings. The van der Waals surface area contributed by atoms with Gasteiger partial charge in [0.2, 0.25) is 17.7 Å². The number of carbonyl (C=O) groups is 4. The first-order valence-electron chi connectivity index (χ1n) is 16.8. The van der Waals surface area contributed by atoms with Crippen molar-refractivity contribution in [1.29, 1.82) is 0 Å². The normalized spacial score (nSPS) is 18.6. The molecule has 9 nitrogen and oxygen atoms in total. The minimum atomic E-state index is -0.619. The van der Waals surface area contributed by atoms with Crippen LogP contribution in [0.3, 0.4) is 0 Å². The molecular weight excluding hydrogens is 638 g/mol. The van der Waals surface area contributed by atoms with E-state index in [0.29, 0.717) is 61.5 Å². The van der Waals surface area contributed by atoms with E-state index in [0.717, 1.165) is 35.8 Å². The largest absolute Gasteiger partial charge is 0.331 e. The smallest absolute Gasteiger partial charge is 0.273 e. The molecule has 3 aliphatic rings. The van der Waals surface area contributed by atoms with Crippen molar-refractivity contribution in [3.63, 3.8) is 0 Å². The highest BCUT2D eigenvalue weighted by Crippen LogP contribution is 2.34. The van der Waals surface area contributed by atoms with Crippen molar-refractivity contribution in [3.8, 4) is 11.8 Å². The van der Waals surface area contributed by atoms with E-state index < -0.39 is 12.1 Å². The van der Waals surface area contributed by atoms with Crippen LogP contribution in [0.2, 0.25) is 5.15 Å². The fourth-order valence-corrected chi connectivity index (χ4v) is 6.84. The first kappa shape index (κ1) is 32.4. The molecule has 0 radical (unpaired) electrons. The van der Waals surface area contributed by atoms with Gasteiger partial charge in [-0.1, -0.05) is 47.7 Å². The van der Waals surface area contributed by atoms with E-state index >= 15 is 0 Å². The number of anilines is 2. The van der Waals surface area contributed by atoms with Crippen LogP contribution >= 0.6 is 11.6 Å². The van der Waals surface area contributed by atoms with Crippen LogP contribution in [0, 0.1) is 17.8 Å². The lowest BCUT2D eigenvalue weighted by molar-refractivity contribution is -0.136. The van der Waals surface area contributed by atoms with Gasteiger partial charge in [0, 0.05) is 47.4 Å². The van der Waals surface area contributed by atoms with Gasteiger partial charge in [0.05, 0.1) is 0 Å². The molecule has 248 valence electrons. The maximum atomic E-state index is 13.6. The van der Waals surface area contributed by atoms with Crippen molar-refractivity contribution >= 4 is 57.4 Å². The zero-order chi connectivity index (χ0) is 33.9. The minimum Gasteiger partial charge on any atom is -0.331 e. The third kappa shape index (κ3) is 7.45. The van der Waals surface area contributed by atoms with Crippen LogP contribution in [-0.4, -0.2) is 63.6 Å². The number of pyridine rings is 1. The van der Waals surface area contributed by atoms with E-state index in [1.54, 1.807) is 28.0 Å². The number of likely N-dealkylation sites (tertiary alicyclic amines) is 2. The molecule has 2 aliphatic heterocycles. The highest BCUT2D eigenvalue weighted by Gasteiger charge is 2.37. The highest BCUT2D eigenvalue weighted by molar-refractivity contribution is 6.30. The Morgan fingerprint density at radius 1 is 0.735 bits per heavy atom. The van der Waals surface area contributed by atoms with Crippen molar-refractivity contribution in [2.75, 3.05) is 23.7 Å². The Balaban J connectivity index is 0.940. The number of benzene rings is 3. The molecule has 49 heavy (non-hydrogen) atoms. The summed E-state index contributed by atoms with van der Waals surface area (Å²) in [6, 6.07) is 22.7. The van der Waals surface area contributed by atoms with Gasteiger partial charge in [-0.25, -0.2) is 4.98 Å². The van der Waals surface area contributed by atoms with Crippen LogP contribution in [0.25, 0.3) is 10.8 Å². The van der Waals surface area contributed by atoms with E-state index in [4.69, 9.17) is 11.6 Å². The number of carbonyl (C=O) groups excluding carboxylic acids is 4. The lowest BCUT2D eigenvalue weighted by atomic mass is 10.1. The molecule has 0 spiro atoms. The van der Waals surface area contributed by atoms with Gasteiger partial charge in [-0.05, 0) is 104 Å². The summed E-state index contributed by atoms with van der Waals surface area (Å²) in [6.45, 7) is 1.11. The quantitative estimate of drug-likeness (QED) is 0.178. The predicted octanol–water partition coefficient (Wildman–Crippen LogP) is 6.26. The Morgan fingerprint density at radius 3 is 1.88 bits per heavy atom. The van der Waals surface area contributed by atoms with Crippen LogP contribution in [-0.2, 0) is 14.4 Å². The second-order valence-corrected chi connectivity index (χ2v) is 13.3. The summed E-state index contributed by atoms with van der Waals surface area (Å²) in [5, 5.41) is 7.66. The highest BCUT2D eigenvalue weighted by atomic mass is 35.5. The molecule has 4 aromatic rings. The molecule has 3 aromatic carbocycles. The lowest BCUT2D eigenvalue weighted by Crippen LogP contribution is -2.43. The number of hydrogen-bond donors (Lipinski definition) is 2. The number of nitrogens with one attached hydrogen (secondary N) is 2. The maximum Gasteiger partial charge on any atom is 0.273 e. The van der Waals surface area contributed by atoms with Crippen molar-refractivity contribution < 1.29 is 19.2 Å². The van der Waals surface area contributed by atoms with E-state index in [9.17, 15) is 19.2 Å². The summed E-state index contributed by atoms with van der Waals surface area (Å²) in [6.07, 6.45) is 5.58. The summed E-state index contributed by atoms with van der Waals surface area (Å²) in [7, 11) is 0. The van der Waals surface area contributed by atoms with Crippen molar-refractivity contribution in [2.24, 2.45) is 5.92 Å². The number of rotatable bonds is 7. The standard InChI is InChI=1S/C39H36ClN5O4/c40-34-24-28-5-1-2-6-31(28)36(43-34)39(49)45-22-4-8-33(45)38(48)42-30-19-15-26(16-20-30)10-9-25-13-17-29(18-14-25)41-37(47)32-7-3-21-44(32)35(46)23-27-11-12-27/h1-2,5-6,13-20,24,27,32-33H,3-4,7-8,11-12,21-23H2,(H,41,47)(H,42,48)/t32-,33-/m0/s1. The summed E-state index contributed by atoms with van der Waals surface area (Å²) >= 11 is 6.22. The molecule has 1 aromatic heterocycles. The molecule has 1 saturated carbocycles. The van der Waals surface area contributed by atoms with Crippen LogP contribution < -0.4 is 10.6 Å². The van der Waals surface area contributed by atoms with Gasteiger partial charge in [0.25, 0.3) is 5.91 Å². The molecule has 7 rings (SSSR count). The van der Waals surface area contributed by atoms with Gasteiger partial charge < -0.3 is 20.4 Å². The number of amides is 4. The summed E-state index contributed by atoms with van der Waals surface area (Å²) in [4.78, 5) is 60.1. The van der Waals surface area contributed by atoms with Gasteiger partial charge in [0.1, 0.15) is 22.9 Å². The number of halogens is 1. The Morgan fingerprint density at radius 2 is 1.29 bits per heavy atom. The SMILES string of the molecule is O=C(Nc1ccc(C#Cc2ccc(NC(=O)[C@@H]3CCCN3C(=O)c3nc(Cl)cc4ccccc34)cc2)cc1)[C@@H]1CCCN1C(=O)CC1CC1. The molecule has 10 heteroatoms. The second-order valence-electron chi connectivity index (χ2n) is 12.9. The average molecular weight is 674 g/mol. The fraction of sp³-hybridized carbons (Fsp3) is 0.308. The monoisotopic (exact) mass is 673 g/mol. The van der Waals surface area contributed by atoms with Crippen LogP contribution in [0.15, 0.2) is 78.9 Å². The Hall–Kier alpha value is -5.20. The third-order valence-electron chi connectivity index (χ3n) is 9.42. The van der Waals surface area contributed by atoms with Gasteiger partial charge in [0.15, 0.2) is 0 Å². The fourth-order valence-electron chi connectivity index (χ4n) is 6.64. The van der Waals surface area contributed by atoms with Crippen LogP contribution in [0.1, 0.15) is 66.6 Å². The van der Waals surface area contributed by atoms with E-state index in [2.05, 4.69) is 27.5 Å². The minimum absolute atomic E-state index is 0.0924. The topological polar surface area (TPSA) is 112 Å². The van der Waals surface area contributed by atoms with Crippen LogP contribution in [0.5, 0.6) is 0 Å². The molecule has 0 unspecified atom stereocenters. The van der Waals surface area contributed by atoms with Crippen molar-refractivity contribution in [1.82, 2.24) is 14.8 Å². The zero-order valence-corrected chi connectivity index (χ0v) is 27.7. The molecular formula is C39H36ClN5O4. The van der Waals surface area contributed by atoms with E-state index in [1.165, 1.54) is 0 Å². The van der Waals surface area contributed by atoms with Gasteiger partial charge in [-0.2, -0.15) is 0 Å². The zero-order valence-electron chi connectivity index (χ0n) is 27.0. The summed E-state index contributed by atoms with van der Waals surface area (Å²) in [5.74, 6) is 6.15. The first-order chi connectivity index (χ1) is 23.8. The third-order valence-corrected chi connectivity index (χ3v) is 9.61. The summed E-state index contributed by atoms with van der Waals surface area (Å²) in [5.41, 5.74) is 3.07. The molecule has 1 aliphatic carbocycles. The molecule has 4 amide bonds. The average Bonchev–Trinajstić information content (AvgIpc) is 3.55. The second kappa shape index (κ2) is 14.1. The maximum absolute atomic E-state index is 13.6. The van der Waals surface area contributed by atoms with E-state index in [-0.39, 0.29) is 34.5 Å². The molecule has 2 N–H and O–H groups in total. The predicted molar refractivity (Wildman–Crippen MR) is 189 cm³/mol. The number of nitrogens with zero attached hydrogens (tertiary/aromatic N) is 3. The lowest BCUT2D eigenvalue weighted by Gasteiger charge is -2.24. The molecule has 0 bridgehead atoms. The Kier molecular flexibility index (Phi) is 9.32. The Labute approximate surface area is 290 Å². The van der Waals surface area contributed by atoms with Gasteiger partial charge >= 0.3 is 0 Å². The molecule has 2 saturated heterocycles. The molecule has 2 atom stereocenters. The first-order valence-corrected chi connectivity index (χ1v) is 17.2. The van der Waals surface area contributed by atoms with Crippen molar-refractivity contribution in [3.05, 3.63) is 101 Å².